The van der Waals surface area contributed by atoms with Crippen LogP contribution in [0.1, 0.15) is 106 Å². The number of methoxy groups -OCH3 is 1. The molecule has 0 bridgehead atoms. The van der Waals surface area contributed by atoms with E-state index in [1.165, 1.54) is 7.11 Å². The molecule has 13 heteroatoms. The van der Waals surface area contributed by atoms with E-state index in [0.717, 1.165) is 24.8 Å². The minimum atomic E-state index is -1.65. The molecule has 4 N–H and O–H groups in total. The molecule has 13 nitrogen and oxygen atoms in total. The molecule has 17 unspecified atom stereocenters. The Morgan fingerprint density at radius 1 is 0.965 bits per heavy atom. The van der Waals surface area contributed by atoms with Crippen LogP contribution in [0.3, 0.4) is 0 Å². The highest BCUT2D eigenvalue weighted by molar-refractivity contribution is 5.70. The molecule has 322 valence electrons. The van der Waals surface area contributed by atoms with E-state index in [0.29, 0.717) is 38.6 Å². The minimum absolute atomic E-state index is 0.106. The van der Waals surface area contributed by atoms with Gasteiger partial charge >= 0.3 is 12.1 Å². The molecule has 17 atom stereocenters. The van der Waals surface area contributed by atoms with Crippen molar-refractivity contribution in [3.8, 4) is 0 Å². The third-order valence-electron chi connectivity index (χ3n) is 14.3. The standard InChI is InChI=1S/C44H69NO12/c1-25-21-27(3)44(50,24-52-40(49)45-20-16-31-13-11-10-12-14-31)56-35(25)33-22-26(2)38(53-33)42(8)17-15-34(54-42)41(7)18-19-43(57-41)23-32(46)28(4)37(55-43)29(5)36(51-9)30(6)39(47)48/h10-14,25-30,32-38,46,50H,15-24H2,1-9H3,(H,45,49)(H,47,48). The van der Waals surface area contributed by atoms with Crippen molar-refractivity contribution in [2.45, 2.75) is 172 Å². The smallest absolute Gasteiger partial charge is 0.407 e. The highest BCUT2D eigenvalue weighted by Gasteiger charge is 2.61. The number of ether oxygens (including phenoxy) is 7. The topological polar surface area (TPSA) is 171 Å². The molecule has 0 aromatic heterocycles. The van der Waals surface area contributed by atoms with E-state index in [2.05, 4.69) is 33.0 Å². The van der Waals surface area contributed by atoms with E-state index in [1.807, 2.05) is 51.1 Å². The molecule has 6 rings (SSSR count). The first-order valence-electron chi connectivity index (χ1n) is 21.3. The van der Waals surface area contributed by atoms with Crippen LogP contribution >= 0.6 is 0 Å². The zero-order valence-corrected chi connectivity index (χ0v) is 35.5. The number of aliphatic hydroxyl groups excluding tert-OH is 1. The van der Waals surface area contributed by atoms with Crippen molar-refractivity contribution in [2.75, 3.05) is 20.3 Å². The molecule has 1 spiro atoms. The van der Waals surface area contributed by atoms with Crippen molar-refractivity contribution in [1.29, 1.82) is 0 Å². The lowest BCUT2D eigenvalue weighted by atomic mass is 9.78. The number of carbonyl (C=O) groups is 2. The van der Waals surface area contributed by atoms with Gasteiger partial charge in [-0.05, 0) is 76.7 Å². The zero-order chi connectivity index (χ0) is 41.5. The maximum atomic E-state index is 12.6. The average Bonchev–Trinajstić information content (AvgIpc) is 3.87. The normalized spacial score (nSPS) is 43.8. The summed E-state index contributed by atoms with van der Waals surface area (Å²) in [6, 6.07) is 9.88. The largest absolute Gasteiger partial charge is 0.481 e. The van der Waals surface area contributed by atoms with Gasteiger partial charge in [-0.3, -0.25) is 4.79 Å². The Hall–Kier alpha value is -2.36. The Labute approximate surface area is 338 Å². The van der Waals surface area contributed by atoms with Crippen LogP contribution in [-0.4, -0.2) is 113 Å². The van der Waals surface area contributed by atoms with Gasteiger partial charge < -0.3 is 53.8 Å². The summed E-state index contributed by atoms with van der Waals surface area (Å²) < 4.78 is 45.2. The third-order valence-corrected chi connectivity index (χ3v) is 14.3. The Kier molecular flexibility index (Phi) is 13.4. The molecule has 5 heterocycles. The average molecular weight is 804 g/mol. The number of carboxylic acid groups (broad SMARTS) is 1. The molecule has 1 amide bonds. The summed E-state index contributed by atoms with van der Waals surface area (Å²) in [6.45, 7) is 16.1. The van der Waals surface area contributed by atoms with Gasteiger partial charge in [0, 0.05) is 44.2 Å². The van der Waals surface area contributed by atoms with Crippen LogP contribution in [0.2, 0.25) is 0 Å². The number of rotatable bonds is 13. The first-order valence-corrected chi connectivity index (χ1v) is 21.3. The summed E-state index contributed by atoms with van der Waals surface area (Å²) in [7, 11) is 1.52. The second-order valence-corrected chi connectivity index (χ2v) is 18.8. The van der Waals surface area contributed by atoms with Crippen LogP contribution in [0.5, 0.6) is 0 Å². The number of benzene rings is 1. The highest BCUT2D eigenvalue weighted by Crippen LogP contribution is 2.54. The van der Waals surface area contributed by atoms with Crippen LogP contribution in [0.15, 0.2) is 30.3 Å². The van der Waals surface area contributed by atoms with Crippen LogP contribution in [0.4, 0.5) is 4.79 Å². The lowest BCUT2D eigenvalue weighted by molar-refractivity contribution is -0.336. The molecule has 5 fully saturated rings. The van der Waals surface area contributed by atoms with Gasteiger partial charge in [0.2, 0.25) is 5.79 Å². The number of hydrogen-bond acceptors (Lipinski definition) is 11. The van der Waals surface area contributed by atoms with Gasteiger partial charge in [-0.25, -0.2) is 4.79 Å². The lowest BCUT2D eigenvalue weighted by Crippen LogP contribution is -2.57. The number of alkyl carbamates (subject to hydrolysis) is 1. The molecule has 1 aromatic carbocycles. The van der Waals surface area contributed by atoms with Crippen molar-refractivity contribution >= 4 is 12.1 Å². The Balaban J connectivity index is 1.06. The fourth-order valence-corrected chi connectivity index (χ4v) is 10.8. The van der Waals surface area contributed by atoms with E-state index >= 15 is 0 Å². The van der Waals surface area contributed by atoms with E-state index in [1.54, 1.807) is 6.92 Å². The van der Waals surface area contributed by atoms with Crippen molar-refractivity contribution in [3.63, 3.8) is 0 Å². The van der Waals surface area contributed by atoms with Crippen LogP contribution in [-0.2, 0) is 44.4 Å². The lowest BCUT2D eigenvalue weighted by Gasteiger charge is -2.48. The first-order chi connectivity index (χ1) is 26.8. The molecule has 0 radical (unpaired) electrons. The molecular weight excluding hydrogens is 734 g/mol. The predicted octanol–water partition coefficient (Wildman–Crippen LogP) is 5.86. The number of carboxylic acids is 1. The summed E-state index contributed by atoms with van der Waals surface area (Å²) in [4.78, 5) is 24.5. The van der Waals surface area contributed by atoms with E-state index in [9.17, 15) is 24.9 Å². The SMILES string of the molecule is COC(C(C)C(=O)O)C(C)C1OC2(CCC(C)(C3CCC(C)(C4OC(C5OC(O)(COC(=O)NCCc6ccccc6)C(C)CC5C)CC4C)O3)O2)CC(O)C1C. The predicted molar refractivity (Wildman–Crippen MR) is 210 cm³/mol. The maximum Gasteiger partial charge on any atom is 0.407 e. The van der Waals surface area contributed by atoms with Gasteiger partial charge in [0.1, 0.15) is 6.61 Å². The Morgan fingerprint density at radius 3 is 2.37 bits per heavy atom. The maximum absolute atomic E-state index is 12.6. The number of aliphatic hydroxyl groups is 2. The number of nitrogens with one attached hydrogen (secondary N) is 1. The fourth-order valence-electron chi connectivity index (χ4n) is 10.8. The summed E-state index contributed by atoms with van der Waals surface area (Å²) in [6.07, 6.45) is 1.71. The van der Waals surface area contributed by atoms with Crippen LogP contribution in [0.25, 0.3) is 0 Å². The van der Waals surface area contributed by atoms with Gasteiger partial charge in [-0.15, -0.1) is 0 Å². The van der Waals surface area contributed by atoms with Crippen LogP contribution in [0, 0.1) is 35.5 Å². The van der Waals surface area contributed by atoms with E-state index < -0.39 is 65.2 Å². The third kappa shape index (κ3) is 9.21. The van der Waals surface area contributed by atoms with Gasteiger partial charge in [0.05, 0.1) is 59.8 Å². The molecule has 57 heavy (non-hydrogen) atoms. The number of aliphatic carboxylic acids is 1. The van der Waals surface area contributed by atoms with E-state index in [4.69, 9.17) is 33.2 Å². The highest BCUT2D eigenvalue weighted by atomic mass is 16.7. The van der Waals surface area contributed by atoms with Gasteiger partial charge in [0.15, 0.2) is 5.79 Å². The van der Waals surface area contributed by atoms with Gasteiger partial charge in [0.25, 0.3) is 0 Å². The fraction of sp³-hybridized carbons (Fsp3) is 0.818. The zero-order valence-electron chi connectivity index (χ0n) is 35.5. The molecule has 5 saturated heterocycles. The van der Waals surface area contributed by atoms with Crippen LogP contribution < -0.4 is 5.32 Å². The summed E-state index contributed by atoms with van der Waals surface area (Å²) in [5.74, 6) is -4.91. The van der Waals surface area contributed by atoms with E-state index in [-0.39, 0.29) is 54.5 Å². The molecule has 5 aliphatic heterocycles. The second-order valence-electron chi connectivity index (χ2n) is 18.8. The van der Waals surface area contributed by atoms with Crippen molar-refractivity contribution in [2.24, 2.45) is 35.5 Å². The van der Waals surface area contributed by atoms with Crippen molar-refractivity contribution in [1.82, 2.24) is 5.32 Å². The molecule has 0 saturated carbocycles. The second kappa shape index (κ2) is 17.3. The molecular formula is C44H69NO12. The Morgan fingerprint density at radius 2 is 1.68 bits per heavy atom. The van der Waals surface area contributed by atoms with Gasteiger partial charge in [-0.1, -0.05) is 65.0 Å². The number of amides is 1. The summed E-state index contributed by atoms with van der Waals surface area (Å²) >= 11 is 0. The monoisotopic (exact) mass is 803 g/mol. The number of carbonyl (C=O) groups excluding carboxylic acids is 1. The summed E-state index contributed by atoms with van der Waals surface area (Å²) in [5, 5.41) is 35.5. The number of hydrogen-bond donors (Lipinski definition) is 4. The molecule has 5 aliphatic rings. The van der Waals surface area contributed by atoms with Gasteiger partial charge in [-0.2, -0.15) is 0 Å². The van der Waals surface area contributed by atoms with Crippen molar-refractivity contribution in [3.05, 3.63) is 35.9 Å². The van der Waals surface area contributed by atoms with Crippen molar-refractivity contribution < 1.29 is 58.1 Å². The quantitative estimate of drug-likeness (QED) is 0.188. The summed E-state index contributed by atoms with van der Waals surface area (Å²) in [5.41, 5.74) is -0.163. The molecule has 0 aliphatic carbocycles. The molecule has 1 aromatic rings. The minimum Gasteiger partial charge on any atom is -0.481 e. The first kappa shape index (κ1) is 44.2. The Bertz CT molecular complexity index is 1530.